The molecular weight excluding hydrogens is 432 g/mol. The summed E-state index contributed by atoms with van der Waals surface area (Å²) < 4.78 is 0.195. The van der Waals surface area contributed by atoms with E-state index in [-0.39, 0.29) is 15.6 Å². The Morgan fingerprint density at radius 1 is 0.794 bits per heavy atom. The molecule has 1 aromatic rings. The normalized spacial score (nSPS) is 25.5. The highest BCUT2D eigenvalue weighted by atomic mass is 32.2. The van der Waals surface area contributed by atoms with Gasteiger partial charge in [-0.2, -0.15) is 0 Å². The third kappa shape index (κ3) is 8.79. The first-order chi connectivity index (χ1) is 16.0. The summed E-state index contributed by atoms with van der Waals surface area (Å²) in [4.78, 5) is 1.14. The Hall–Kier alpha value is -0.630. The van der Waals surface area contributed by atoms with Crippen LogP contribution in [0.25, 0.3) is 0 Å². The molecule has 2 atom stereocenters. The van der Waals surface area contributed by atoms with E-state index in [2.05, 4.69) is 60.6 Å². The standard InChI is InChI=1S/C32H56OS/c1-8-10-17-22-32(7)23-19-16-14-12-13-15-18-21-31(6,20-11-9-2)27-24-26(30(3,4)5)25-28(34-32)29(27)33/h24-25,33H,8-23H2,1-7H3. The van der Waals surface area contributed by atoms with Gasteiger partial charge in [-0.25, -0.2) is 0 Å². The van der Waals surface area contributed by atoms with Crippen molar-refractivity contribution in [1.82, 2.24) is 0 Å². The number of hydrogen-bond donors (Lipinski definition) is 1. The fourth-order valence-electron chi connectivity index (χ4n) is 5.68. The zero-order valence-electron chi connectivity index (χ0n) is 23.8. The van der Waals surface area contributed by atoms with Crippen LogP contribution in [0.5, 0.6) is 5.75 Å². The second-order valence-electron chi connectivity index (χ2n) is 12.8. The summed E-state index contributed by atoms with van der Waals surface area (Å²) in [5.74, 6) is 0.591. The van der Waals surface area contributed by atoms with Gasteiger partial charge < -0.3 is 5.11 Å². The van der Waals surface area contributed by atoms with E-state index in [4.69, 9.17) is 0 Å². The van der Waals surface area contributed by atoms with Gasteiger partial charge in [0.15, 0.2) is 0 Å². The molecule has 2 bridgehead atoms. The Morgan fingerprint density at radius 2 is 1.38 bits per heavy atom. The number of rotatable bonds is 7. The Morgan fingerprint density at radius 3 is 1.97 bits per heavy atom. The molecule has 0 amide bonds. The molecule has 0 spiro atoms. The van der Waals surface area contributed by atoms with Crippen LogP contribution in [-0.4, -0.2) is 9.85 Å². The van der Waals surface area contributed by atoms with Gasteiger partial charge in [-0.05, 0) is 48.1 Å². The van der Waals surface area contributed by atoms with E-state index in [1.807, 2.05) is 11.8 Å². The van der Waals surface area contributed by atoms with E-state index in [0.717, 1.165) is 4.90 Å². The van der Waals surface area contributed by atoms with Gasteiger partial charge in [0, 0.05) is 10.3 Å². The maximum atomic E-state index is 11.8. The van der Waals surface area contributed by atoms with Crippen molar-refractivity contribution in [1.29, 1.82) is 0 Å². The summed E-state index contributed by atoms with van der Waals surface area (Å²) in [6, 6.07) is 4.71. The van der Waals surface area contributed by atoms with Gasteiger partial charge >= 0.3 is 0 Å². The number of phenols is 1. The van der Waals surface area contributed by atoms with Crippen molar-refractivity contribution in [3.8, 4) is 5.75 Å². The zero-order chi connectivity index (χ0) is 25.2. The highest BCUT2D eigenvalue weighted by Crippen LogP contribution is 2.50. The van der Waals surface area contributed by atoms with Crippen molar-refractivity contribution in [2.75, 3.05) is 0 Å². The third-order valence-corrected chi connectivity index (χ3v) is 9.71. The topological polar surface area (TPSA) is 20.2 Å². The third-order valence-electron chi connectivity index (χ3n) is 8.27. The molecule has 0 aliphatic carbocycles. The predicted molar refractivity (Wildman–Crippen MR) is 154 cm³/mol. The minimum absolute atomic E-state index is 0.0510. The minimum atomic E-state index is 0.0510. The summed E-state index contributed by atoms with van der Waals surface area (Å²) >= 11 is 1.99. The fraction of sp³-hybridized carbons (Fsp3) is 0.812. The van der Waals surface area contributed by atoms with Crippen LogP contribution in [0.2, 0.25) is 0 Å². The second-order valence-corrected chi connectivity index (χ2v) is 14.4. The van der Waals surface area contributed by atoms with Gasteiger partial charge in [-0.3, -0.25) is 0 Å². The lowest BCUT2D eigenvalue weighted by Gasteiger charge is -2.35. The smallest absolute Gasteiger partial charge is 0.132 e. The molecule has 2 heteroatoms. The van der Waals surface area contributed by atoms with Gasteiger partial charge in [0.25, 0.3) is 0 Å². The van der Waals surface area contributed by atoms with Crippen molar-refractivity contribution in [2.24, 2.45) is 0 Å². The van der Waals surface area contributed by atoms with Gasteiger partial charge in [-0.15, -0.1) is 11.8 Å². The number of hydrogen-bond acceptors (Lipinski definition) is 2. The average molecular weight is 489 g/mol. The van der Waals surface area contributed by atoms with Crippen LogP contribution in [0.1, 0.15) is 162 Å². The summed E-state index contributed by atoms with van der Waals surface area (Å²) in [5.41, 5.74) is 2.73. The molecule has 34 heavy (non-hydrogen) atoms. The molecule has 1 aliphatic rings. The second kappa shape index (κ2) is 13.6. The lowest BCUT2D eigenvalue weighted by atomic mass is 9.72. The van der Waals surface area contributed by atoms with E-state index in [1.54, 1.807) is 0 Å². The van der Waals surface area contributed by atoms with Crippen LogP contribution in [0.3, 0.4) is 0 Å². The molecule has 1 N–H and O–H groups in total. The van der Waals surface area contributed by atoms with E-state index >= 15 is 0 Å². The van der Waals surface area contributed by atoms with Crippen molar-refractivity contribution in [3.05, 3.63) is 23.3 Å². The first-order valence-electron chi connectivity index (χ1n) is 14.6. The SMILES string of the molecule is CCCCCC1(C)CCCCCCCCCC(C)(CCCC)c2cc(C(C)(C)C)cc(c2O)S1. The molecule has 1 aliphatic heterocycles. The maximum Gasteiger partial charge on any atom is 0.132 e. The van der Waals surface area contributed by atoms with Gasteiger partial charge in [0.2, 0.25) is 0 Å². The highest BCUT2D eigenvalue weighted by molar-refractivity contribution is 8.00. The van der Waals surface area contributed by atoms with Crippen LogP contribution in [-0.2, 0) is 10.8 Å². The molecule has 0 radical (unpaired) electrons. The van der Waals surface area contributed by atoms with Crippen LogP contribution >= 0.6 is 11.8 Å². The molecule has 1 heterocycles. The Bertz CT molecular complexity index is 733. The van der Waals surface area contributed by atoms with Crippen molar-refractivity contribution in [2.45, 2.75) is 172 Å². The molecule has 1 aromatic carbocycles. The number of aromatic hydroxyl groups is 1. The Balaban J connectivity index is 2.58. The molecule has 196 valence electrons. The monoisotopic (exact) mass is 488 g/mol. The van der Waals surface area contributed by atoms with Crippen LogP contribution in [0, 0.1) is 0 Å². The number of fused-ring (bicyclic) bond motifs is 2. The van der Waals surface area contributed by atoms with Crippen LogP contribution in [0.4, 0.5) is 0 Å². The Labute approximate surface area is 217 Å². The van der Waals surface area contributed by atoms with E-state index in [9.17, 15) is 5.11 Å². The molecule has 0 fully saturated rings. The lowest BCUT2D eigenvalue weighted by molar-refractivity contribution is 0.345. The van der Waals surface area contributed by atoms with Crippen molar-refractivity contribution < 1.29 is 5.11 Å². The van der Waals surface area contributed by atoms with E-state index in [0.29, 0.717) is 5.75 Å². The quantitative estimate of drug-likeness (QED) is 0.385. The van der Waals surface area contributed by atoms with Gasteiger partial charge in [0.1, 0.15) is 5.75 Å². The molecular formula is C32H56OS. The number of unbranched alkanes of at least 4 members (excludes halogenated alkanes) is 3. The fourth-order valence-corrected chi connectivity index (χ4v) is 7.10. The van der Waals surface area contributed by atoms with Gasteiger partial charge in [-0.1, -0.05) is 132 Å². The van der Waals surface area contributed by atoms with Gasteiger partial charge in [0.05, 0.1) is 4.90 Å². The van der Waals surface area contributed by atoms with E-state index in [1.165, 1.54) is 114 Å². The zero-order valence-corrected chi connectivity index (χ0v) is 24.6. The van der Waals surface area contributed by atoms with Crippen LogP contribution < -0.4 is 0 Å². The summed E-state index contributed by atoms with van der Waals surface area (Å²) in [6.45, 7) is 16.5. The molecule has 0 saturated heterocycles. The van der Waals surface area contributed by atoms with Crippen molar-refractivity contribution >= 4 is 11.8 Å². The maximum absolute atomic E-state index is 11.8. The molecule has 0 saturated carbocycles. The average Bonchev–Trinajstić information content (AvgIpc) is 2.77. The molecule has 2 unspecified atom stereocenters. The summed E-state index contributed by atoms with van der Waals surface area (Å²) in [6.07, 6.45) is 20.6. The lowest BCUT2D eigenvalue weighted by Crippen LogP contribution is -2.25. The van der Waals surface area contributed by atoms with Crippen LogP contribution in [0.15, 0.2) is 17.0 Å². The van der Waals surface area contributed by atoms with Crippen molar-refractivity contribution in [3.63, 3.8) is 0 Å². The predicted octanol–water partition coefficient (Wildman–Crippen LogP) is 11.1. The first kappa shape index (κ1) is 29.6. The molecule has 1 nitrogen and oxygen atoms in total. The summed E-state index contributed by atoms with van der Waals surface area (Å²) in [5, 5.41) is 11.8. The number of phenolic OH excluding ortho intramolecular Hbond substituents is 1. The first-order valence-corrected chi connectivity index (χ1v) is 15.4. The highest BCUT2D eigenvalue weighted by Gasteiger charge is 2.34. The minimum Gasteiger partial charge on any atom is -0.506 e. The Kier molecular flexibility index (Phi) is 11.9. The van der Waals surface area contributed by atoms with E-state index < -0.39 is 0 Å². The summed E-state index contributed by atoms with van der Waals surface area (Å²) in [7, 11) is 0. The number of thioether (sulfide) groups is 1. The largest absolute Gasteiger partial charge is 0.506 e. The molecule has 0 aromatic heterocycles. The molecule has 2 rings (SSSR count). The number of benzene rings is 1.